The van der Waals surface area contributed by atoms with Gasteiger partial charge in [0.05, 0.1) is 11.3 Å². The van der Waals surface area contributed by atoms with E-state index in [1.807, 2.05) is 6.92 Å². The minimum atomic E-state index is -4.74. The Bertz CT molecular complexity index is 1010. The van der Waals surface area contributed by atoms with Gasteiger partial charge in [-0.05, 0) is 49.6 Å². The molecule has 1 atom stereocenters. The van der Waals surface area contributed by atoms with Crippen LogP contribution in [0.3, 0.4) is 0 Å². The quantitative estimate of drug-likeness (QED) is 0.577. The maximum Gasteiger partial charge on any atom is 0.435 e. The summed E-state index contributed by atoms with van der Waals surface area (Å²) in [6, 6.07) is 5.50. The van der Waals surface area contributed by atoms with Gasteiger partial charge in [0.15, 0.2) is 0 Å². The lowest BCUT2D eigenvalue weighted by Crippen LogP contribution is -2.42. The molecule has 2 aromatic rings. The molecule has 0 spiro atoms. The maximum atomic E-state index is 14.1. The number of oxime groups is 1. The third kappa shape index (κ3) is 4.05. The lowest BCUT2D eigenvalue weighted by molar-refractivity contribution is -0.275. The highest BCUT2D eigenvalue weighted by Gasteiger charge is 2.62. The van der Waals surface area contributed by atoms with Crippen molar-refractivity contribution in [3.63, 3.8) is 0 Å². The van der Waals surface area contributed by atoms with Crippen LogP contribution in [0.5, 0.6) is 0 Å². The monoisotopic (exact) mass is 476 g/mol. The number of halogens is 5. The molecule has 0 bridgehead atoms. The molecule has 2 aliphatic rings. The van der Waals surface area contributed by atoms with Gasteiger partial charge in [0.2, 0.25) is 5.91 Å². The lowest BCUT2D eigenvalue weighted by atomic mass is 9.88. The Kier molecular flexibility index (Phi) is 5.53. The van der Waals surface area contributed by atoms with Crippen LogP contribution in [-0.2, 0) is 21.8 Å². The first kappa shape index (κ1) is 21.5. The Labute approximate surface area is 185 Å². The Morgan fingerprint density at radius 1 is 1.27 bits per heavy atom. The summed E-state index contributed by atoms with van der Waals surface area (Å²) in [7, 11) is 0. The number of alkyl halides is 3. The molecular formula is C20H17Cl2F3N2O2S. The van der Waals surface area contributed by atoms with Crippen LogP contribution in [0.15, 0.2) is 29.4 Å². The lowest BCUT2D eigenvalue weighted by Gasteiger charge is -2.29. The number of carbonyl (C=O) groups excluding carboxylic acids is 1. The SMILES string of the molecule is Cc1sc(C2=NOC(c3cc(Cl)cc(Cl)c3)(C(F)(F)F)C2)cc1CNC(=O)C1CC1. The van der Waals surface area contributed by atoms with E-state index in [0.717, 1.165) is 23.3 Å². The molecule has 0 radical (unpaired) electrons. The van der Waals surface area contributed by atoms with Gasteiger partial charge in [-0.15, -0.1) is 11.3 Å². The number of carbonyl (C=O) groups is 1. The van der Waals surface area contributed by atoms with Crippen LogP contribution in [0.25, 0.3) is 0 Å². The van der Waals surface area contributed by atoms with Gasteiger partial charge in [-0.25, -0.2) is 0 Å². The molecular weight excluding hydrogens is 460 g/mol. The second kappa shape index (κ2) is 7.73. The molecule has 4 rings (SSSR count). The number of nitrogens with zero attached hydrogens (tertiary/aromatic N) is 1. The summed E-state index contributed by atoms with van der Waals surface area (Å²) in [6.07, 6.45) is -3.43. The van der Waals surface area contributed by atoms with Crippen LogP contribution in [0.4, 0.5) is 13.2 Å². The van der Waals surface area contributed by atoms with Crippen LogP contribution in [-0.4, -0.2) is 17.8 Å². The number of aryl methyl sites for hydroxylation is 1. The fourth-order valence-electron chi connectivity index (χ4n) is 3.33. The standard InChI is InChI=1S/C20H17Cl2F3N2O2S/c1-10-12(9-26-18(28)11-2-3-11)4-17(30-10)16-8-19(29-27-16,20(23,24)25)13-5-14(21)7-15(22)6-13/h4-7,11H,2-3,8-9H2,1H3,(H,26,28). The number of benzene rings is 1. The van der Waals surface area contributed by atoms with E-state index in [9.17, 15) is 18.0 Å². The highest BCUT2D eigenvalue weighted by atomic mass is 35.5. The van der Waals surface area contributed by atoms with Crippen molar-refractivity contribution in [2.24, 2.45) is 11.1 Å². The smallest absolute Gasteiger partial charge is 0.374 e. The predicted octanol–water partition coefficient (Wildman–Crippen LogP) is 5.97. The van der Waals surface area contributed by atoms with E-state index in [1.165, 1.54) is 29.5 Å². The summed E-state index contributed by atoms with van der Waals surface area (Å²) in [5.41, 5.74) is -1.82. The second-order valence-electron chi connectivity index (χ2n) is 7.47. The van der Waals surface area contributed by atoms with E-state index >= 15 is 0 Å². The fourth-order valence-corrected chi connectivity index (χ4v) is 4.88. The van der Waals surface area contributed by atoms with E-state index in [2.05, 4.69) is 10.5 Å². The number of rotatable bonds is 5. The molecule has 1 aliphatic heterocycles. The number of thiophene rings is 1. The van der Waals surface area contributed by atoms with Crippen molar-refractivity contribution >= 4 is 46.2 Å². The molecule has 1 fully saturated rings. The highest BCUT2D eigenvalue weighted by Crippen LogP contribution is 2.50. The van der Waals surface area contributed by atoms with Crippen molar-refractivity contribution < 1.29 is 22.8 Å². The molecule has 4 nitrogen and oxygen atoms in total. The van der Waals surface area contributed by atoms with Gasteiger partial charge in [0.1, 0.15) is 5.71 Å². The van der Waals surface area contributed by atoms with Gasteiger partial charge < -0.3 is 10.2 Å². The zero-order chi connectivity index (χ0) is 21.7. The Balaban J connectivity index is 1.58. The fraction of sp³-hybridized carbons (Fsp3) is 0.400. The molecule has 30 heavy (non-hydrogen) atoms. The molecule has 2 heterocycles. The highest BCUT2D eigenvalue weighted by molar-refractivity contribution is 7.14. The third-order valence-corrected chi connectivity index (χ3v) is 6.80. The summed E-state index contributed by atoms with van der Waals surface area (Å²) in [5.74, 6) is 0.102. The van der Waals surface area contributed by atoms with Crippen molar-refractivity contribution in [2.45, 2.75) is 44.5 Å². The number of nitrogens with one attached hydrogen (secondary N) is 1. The third-order valence-electron chi connectivity index (χ3n) is 5.22. The first-order valence-electron chi connectivity index (χ1n) is 9.25. The average Bonchev–Trinajstić information content (AvgIpc) is 3.28. The maximum absolute atomic E-state index is 14.1. The summed E-state index contributed by atoms with van der Waals surface area (Å²) < 4.78 is 42.3. The zero-order valence-electron chi connectivity index (χ0n) is 15.8. The summed E-state index contributed by atoms with van der Waals surface area (Å²) in [4.78, 5) is 18.4. The van der Waals surface area contributed by atoms with E-state index in [1.54, 1.807) is 6.07 Å². The Hall–Kier alpha value is -1.77. The normalized spacial score (nSPS) is 21.3. The molecule has 1 aromatic heterocycles. The van der Waals surface area contributed by atoms with Crippen LogP contribution in [0, 0.1) is 12.8 Å². The minimum Gasteiger partial charge on any atom is -0.374 e. The van der Waals surface area contributed by atoms with Gasteiger partial charge in [-0.2, -0.15) is 13.2 Å². The number of hydrogen-bond acceptors (Lipinski definition) is 4. The summed E-state index contributed by atoms with van der Waals surface area (Å²) in [6.45, 7) is 2.19. The topological polar surface area (TPSA) is 50.7 Å². The predicted molar refractivity (Wildman–Crippen MR) is 110 cm³/mol. The van der Waals surface area contributed by atoms with Crippen LogP contribution < -0.4 is 5.32 Å². The second-order valence-corrected chi connectivity index (χ2v) is 9.60. The van der Waals surface area contributed by atoms with Gasteiger partial charge in [-0.1, -0.05) is 28.4 Å². The Morgan fingerprint density at radius 3 is 2.53 bits per heavy atom. The van der Waals surface area contributed by atoms with Crippen LogP contribution in [0.2, 0.25) is 10.0 Å². The van der Waals surface area contributed by atoms with E-state index < -0.39 is 18.2 Å². The summed E-state index contributed by atoms with van der Waals surface area (Å²) >= 11 is 13.2. The van der Waals surface area contributed by atoms with Crippen LogP contribution in [0.1, 0.15) is 40.1 Å². The zero-order valence-corrected chi connectivity index (χ0v) is 18.1. The van der Waals surface area contributed by atoms with Gasteiger partial charge in [0.25, 0.3) is 5.60 Å². The van der Waals surface area contributed by atoms with E-state index in [-0.39, 0.29) is 33.1 Å². The molecule has 0 saturated heterocycles. The van der Waals surface area contributed by atoms with Crippen molar-refractivity contribution in [2.75, 3.05) is 0 Å². The molecule has 1 saturated carbocycles. The Morgan fingerprint density at radius 2 is 1.93 bits per heavy atom. The van der Waals surface area contributed by atoms with Gasteiger partial charge >= 0.3 is 6.18 Å². The first-order valence-corrected chi connectivity index (χ1v) is 10.8. The van der Waals surface area contributed by atoms with Crippen molar-refractivity contribution in [3.05, 3.63) is 55.2 Å². The van der Waals surface area contributed by atoms with Crippen molar-refractivity contribution in [1.82, 2.24) is 5.32 Å². The van der Waals surface area contributed by atoms with Gasteiger partial charge in [-0.3, -0.25) is 4.79 Å². The first-order chi connectivity index (χ1) is 14.1. The summed E-state index contributed by atoms with van der Waals surface area (Å²) in [5, 5.41) is 6.82. The van der Waals surface area contributed by atoms with E-state index in [0.29, 0.717) is 11.4 Å². The molecule has 1 N–H and O–H groups in total. The van der Waals surface area contributed by atoms with Gasteiger partial charge in [0, 0.05) is 32.9 Å². The molecule has 10 heteroatoms. The molecule has 1 amide bonds. The number of hydrogen-bond donors (Lipinski definition) is 1. The molecule has 1 aliphatic carbocycles. The molecule has 160 valence electrons. The van der Waals surface area contributed by atoms with E-state index in [4.69, 9.17) is 28.0 Å². The average molecular weight is 477 g/mol. The molecule has 1 aromatic carbocycles. The molecule has 1 unspecified atom stereocenters. The van der Waals surface area contributed by atoms with Crippen molar-refractivity contribution in [3.8, 4) is 0 Å². The van der Waals surface area contributed by atoms with Crippen molar-refractivity contribution in [1.29, 1.82) is 0 Å². The largest absolute Gasteiger partial charge is 0.435 e. The number of amides is 1. The minimum absolute atomic E-state index is 0.0117. The van der Waals surface area contributed by atoms with Crippen LogP contribution >= 0.6 is 34.5 Å².